The molecule has 0 aliphatic carbocycles. The van der Waals surface area contributed by atoms with Gasteiger partial charge in [0.05, 0.1) is 6.10 Å². The molecule has 1 aromatic carbocycles. The molecule has 0 bridgehead atoms. The molecule has 0 radical (unpaired) electrons. The van der Waals surface area contributed by atoms with Crippen LogP contribution in [0.25, 0.3) is 0 Å². The van der Waals surface area contributed by atoms with Crippen LogP contribution in [0.3, 0.4) is 0 Å². The van der Waals surface area contributed by atoms with Crippen LogP contribution < -0.4 is 10.6 Å². The Morgan fingerprint density at radius 1 is 1.29 bits per heavy atom. The Kier molecular flexibility index (Phi) is 5.56. The minimum absolute atomic E-state index is 0.161. The minimum Gasteiger partial charge on any atom is -0.387 e. The molecule has 1 saturated heterocycles. The molecule has 1 aliphatic rings. The summed E-state index contributed by atoms with van der Waals surface area (Å²) in [4.78, 5) is 12.5. The van der Waals surface area contributed by atoms with E-state index in [1.807, 2.05) is 22.9 Å². The molecule has 0 spiro atoms. The van der Waals surface area contributed by atoms with Gasteiger partial charge in [0.25, 0.3) is 5.91 Å². The topological polar surface area (TPSA) is 66.3 Å². The van der Waals surface area contributed by atoms with Crippen molar-refractivity contribution in [1.29, 1.82) is 0 Å². The fourth-order valence-electron chi connectivity index (χ4n) is 3.07. The number of carbonyl (C=O) groups excluding carboxylic acids is 1. The zero-order valence-corrected chi connectivity index (χ0v) is 14.2. The highest BCUT2D eigenvalue weighted by atomic mass is 35.5. The largest absolute Gasteiger partial charge is 0.387 e. The van der Waals surface area contributed by atoms with Crippen molar-refractivity contribution < 1.29 is 9.90 Å². The van der Waals surface area contributed by atoms with Gasteiger partial charge in [0.15, 0.2) is 0 Å². The third-order valence-corrected chi connectivity index (χ3v) is 4.68. The van der Waals surface area contributed by atoms with Gasteiger partial charge in [-0.1, -0.05) is 23.7 Å². The number of aliphatic hydroxyl groups excluding tert-OH is 1. The van der Waals surface area contributed by atoms with Crippen molar-refractivity contribution in [2.45, 2.75) is 25.0 Å². The first-order valence-electron chi connectivity index (χ1n) is 8.24. The normalized spacial score (nSPS) is 16.8. The number of benzene rings is 1. The van der Waals surface area contributed by atoms with Gasteiger partial charge in [0, 0.05) is 23.8 Å². The molecule has 1 unspecified atom stereocenters. The van der Waals surface area contributed by atoms with Crippen LogP contribution in [0.5, 0.6) is 0 Å². The number of nitrogens with zero attached hydrogens (tertiary/aromatic N) is 1. The third kappa shape index (κ3) is 3.98. The number of piperidine rings is 1. The Morgan fingerprint density at radius 3 is 2.71 bits per heavy atom. The second-order valence-electron chi connectivity index (χ2n) is 6.06. The molecule has 1 aromatic heterocycles. The molecule has 3 rings (SSSR count). The van der Waals surface area contributed by atoms with E-state index < -0.39 is 6.10 Å². The van der Waals surface area contributed by atoms with Gasteiger partial charge in [-0.2, -0.15) is 0 Å². The third-order valence-electron chi connectivity index (χ3n) is 4.42. The van der Waals surface area contributed by atoms with Crippen molar-refractivity contribution >= 4 is 17.5 Å². The van der Waals surface area contributed by atoms with Gasteiger partial charge in [-0.15, -0.1) is 0 Å². The molecular weight excluding hydrogens is 326 g/mol. The standard InChI is InChI=1S/C18H22ClN3O2/c19-14-5-3-13(4-6-14)17(23)12-21-18(24)16-2-1-11-22(16)15-7-9-20-10-8-15/h1-6,11,15,17,20,23H,7-10,12H2,(H,21,24). The average molecular weight is 348 g/mol. The summed E-state index contributed by atoms with van der Waals surface area (Å²) >= 11 is 5.84. The van der Waals surface area contributed by atoms with Crippen molar-refractivity contribution in [2.75, 3.05) is 19.6 Å². The molecule has 1 atom stereocenters. The summed E-state index contributed by atoms with van der Waals surface area (Å²) in [6.07, 6.45) is 3.24. The Morgan fingerprint density at radius 2 is 2.00 bits per heavy atom. The summed E-state index contributed by atoms with van der Waals surface area (Å²) in [7, 11) is 0. The smallest absolute Gasteiger partial charge is 0.268 e. The first-order valence-corrected chi connectivity index (χ1v) is 8.62. The van der Waals surface area contributed by atoms with Crippen molar-refractivity contribution in [1.82, 2.24) is 15.2 Å². The molecule has 2 aromatic rings. The van der Waals surface area contributed by atoms with E-state index in [9.17, 15) is 9.90 Å². The first kappa shape index (κ1) is 17.0. The predicted octanol–water partition coefficient (Wildman–Crippen LogP) is 2.53. The Balaban J connectivity index is 1.61. The maximum Gasteiger partial charge on any atom is 0.268 e. The van der Waals surface area contributed by atoms with Crippen LogP contribution >= 0.6 is 11.6 Å². The summed E-state index contributed by atoms with van der Waals surface area (Å²) in [6, 6.07) is 11.0. The van der Waals surface area contributed by atoms with E-state index in [0.717, 1.165) is 31.5 Å². The lowest BCUT2D eigenvalue weighted by atomic mass is 10.1. The minimum atomic E-state index is -0.756. The molecule has 0 saturated carbocycles. The molecule has 1 amide bonds. The number of aromatic nitrogens is 1. The number of rotatable bonds is 5. The summed E-state index contributed by atoms with van der Waals surface area (Å²) in [5, 5.41) is 17.0. The van der Waals surface area contributed by atoms with E-state index in [4.69, 9.17) is 11.6 Å². The highest BCUT2D eigenvalue weighted by Gasteiger charge is 2.20. The van der Waals surface area contributed by atoms with Crippen LogP contribution in [0.4, 0.5) is 0 Å². The van der Waals surface area contributed by atoms with Crippen LogP contribution in [0.1, 0.15) is 41.0 Å². The van der Waals surface area contributed by atoms with Crippen LogP contribution in [-0.4, -0.2) is 35.2 Å². The van der Waals surface area contributed by atoms with Gasteiger partial charge in [-0.05, 0) is 55.8 Å². The number of halogens is 1. The van der Waals surface area contributed by atoms with Gasteiger partial charge in [-0.25, -0.2) is 0 Å². The van der Waals surface area contributed by atoms with Gasteiger partial charge < -0.3 is 20.3 Å². The zero-order chi connectivity index (χ0) is 16.9. The summed E-state index contributed by atoms with van der Waals surface area (Å²) < 4.78 is 2.05. The fraction of sp³-hybridized carbons (Fsp3) is 0.389. The van der Waals surface area contributed by atoms with E-state index in [2.05, 4.69) is 10.6 Å². The van der Waals surface area contributed by atoms with E-state index in [-0.39, 0.29) is 12.5 Å². The Hall–Kier alpha value is -1.82. The van der Waals surface area contributed by atoms with Gasteiger partial charge in [0.1, 0.15) is 5.69 Å². The lowest BCUT2D eigenvalue weighted by molar-refractivity contribution is 0.0903. The number of aliphatic hydroxyl groups is 1. The molecular formula is C18H22ClN3O2. The van der Waals surface area contributed by atoms with E-state index in [0.29, 0.717) is 16.8 Å². The molecule has 3 N–H and O–H groups in total. The van der Waals surface area contributed by atoms with Crippen molar-refractivity contribution in [3.05, 3.63) is 58.9 Å². The Labute approximate surface area is 146 Å². The highest BCUT2D eigenvalue weighted by Crippen LogP contribution is 2.21. The monoisotopic (exact) mass is 347 g/mol. The molecule has 6 heteroatoms. The van der Waals surface area contributed by atoms with E-state index >= 15 is 0 Å². The lowest BCUT2D eigenvalue weighted by Gasteiger charge is -2.26. The molecule has 5 nitrogen and oxygen atoms in total. The van der Waals surface area contributed by atoms with Crippen LogP contribution in [0.2, 0.25) is 5.02 Å². The Bertz CT molecular complexity index is 678. The second-order valence-corrected chi connectivity index (χ2v) is 6.50. The van der Waals surface area contributed by atoms with Crippen molar-refractivity contribution in [2.24, 2.45) is 0 Å². The molecule has 128 valence electrons. The predicted molar refractivity (Wildman–Crippen MR) is 94.3 cm³/mol. The maximum atomic E-state index is 12.5. The maximum absolute atomic E-state index is 12.5. The van der Waals surface area contributed by atoms with Crippen molar-refractivity contribution in [3.63, 3.8) is 0 Å². The highest BCUT2D eigenvalue weighted by molar-refractivity contribution is 6.30. The van der Waals surface area contributed by atoms with Crippen LogP contribution in [0.15, 0.2) is 42.6 Å². The molecule has 1 aliphatic heterocycles. The number of hydrogen-bond donors (Lipinski definition) is 3. The quantitative estimate of drug-likeness (QED) is 0.778. The molecule has 24 heavy (non-hydrogen) atoms. The molecule has 2 heterocycles. The number of hydrogen-bond acceptors (Lipinski definition) is 3. The molecule has 1 fully saturated rings. The average Bonchev–Trinajstić information content (AvgIpc) is 3.10. The van der Waals surface area contributed by atoms with Gasteiger partial charge in [0.2, 0.25) is 0 Å². The second kappa shape index (κ2) is 7.83. The summed E-state index contributed by atoms with van der Waals surface area (Å²) in [5.41, 5.74) is 1.37. The SMILES string of the molecule is O=C(NCC(O)c1ccc(Cl)cc1)c1cccn1C1CCNCC1. The number of nitrogens with one attached hydrogen (secondary N) is 2. The van der Waals surface area contributed by atoms with Crippen molar-refractivity contribution in [3.8, 4) is 0 Å². The van der Waals surface area contributed by atoms with Crippen LogP contribution in [0, 0.1) is 0 Å². The number of amides is 1. The summed E-state index contributed by atoms with van der Waals surface area (Å²) in [6.45, 7) is 2.11. The first-order chi connectivity index (χ1) is 11.6. The van der Waals surface area contributed by atoms with E-state index in [1.165, 1.54) is 0 Å². The lowest BCUT2D eigenvalue weighted by Crippen LogP contribution is -2.33. The van der Waals surface area contributed by atoms with Crippen LogP contribution in [-0.2, 0) is 0 Å². The van der Waals surface area contributed by atoms with Gasteiger partial charge in [-0.3, -0.25) is 4.79 Å². The summed E-state index contributed by atoms with van der Waals surface area (Å²) in [5.74, 6) is -0.161. The zero-order valence-electron chi connectivity index (χ0n) is 13.4. The number of carbonyl (C=O) groups is 1. The van der Waals surface area contributed by atoms with E-state index in [1.54, 1.807) is 24.3 Å². The van der Waals surface area contributed by atoms with Gasteiger partial charge >= 0.3 is 0 Å². The fourth-order valence-corrected chi connectivity index (χ4v) is 3.20.